The molecule has 170 valence electrons. The highest BCUT2D eigenvalue weighted by molar-refractivity contribution is 7.80. The first-order valence-corrected chi connectivity index (χ1v) is 12.0. The Hall–Kier alpha value is -1.99. The van der Waals surface area contributed by atoms with E-state index in [4.69, 9.17) is 4.74 Å². The van der Waals surface area contributed by atoms with Crippen LogP contribution >= 0.6 is 12.6 Å². The van der Waals surface area contributed by atoms with Gasteiger partial charge in [-0.3, -0.25) is 9.59 Å². The number of hydrogen-bond donors (Lipinski definition) is 3. The van der Waals surface area contributed by atoms with Gasteiger partial charge in [0.2, 0.25) is 11.5 Å². The summed E-state index contributed by atoms with van der Waals surface area (Å²) in [7, 11) is 0. The first-order valence-electron chi connectivity index (χ1n) is 11.4. The van der Waals surface area contributed by atoms with Crippen molar-refractivity contribution in [3.05, 3.63) is 40.7 Å². The predicted octanol–water partition coefficient (Wildman–Crippen LogP) is 3.78. The van der Waals surface area contributed by atoms with Gasteiger partial charge in [0.15, 0.2) is 0 Å². The van der Waals surface area contributed by atoms with Crippen LogP contribution in [-0.2, 0) is 4.79 Å². The monoisotopic (exact) mass is 446 g/mol. The molecule has 0 radical (unpaired) electrons. The number of nitrogens with zero attached hydrogens (tertiary/aromatic N) is 1. The maximum absolute atomic E-state index is 12.8. The number of pyridine rings is 1. The van der Waals surface area contributed by atoms with Crippen LogP contribution in [0.5, 0.6) is 5.75 Å². The number of unbranched alkanes of at least 4 members (excludes halogenated alkanes) is 1. The lowest BCUT2D eigenvalue weighted by atomic mass is 9.89. The fourth-order valence-electron chi connectivity index (χ4n) is 4.22. The van der Waals surface area contributed by atoms with Crippen molar-refractivity contribution in [2.45, 2.75) is 57.5 Å². The van der Waals surface area contributed by atoms with E-state index in [-0.39, 0.29) is 11.5 Å². The minimum Gasteiger partial charge on any atom is -0.494 e. The number of hydrogen-bond acceptors (Lipinski definition) is 5. The lowest BCUT2D eigenvalue weighted by Gasteiger charge is -2.31. The minimum absolute atomic E-state index is 0.112. The van der Waals surface area contributed by atoms with Gasteiger partial charge in [0.1, 0.15) is 5.75 Å². The van der Waals surface area contributed by atoms with E-state index in [2.05, 4.69) is 17.6 Å². The Labute approximate surface area is 189 Å². The Balaban J connectivity index is 1.43. The first kappa shape index (κ1) is 23.7. The summed E-state index contributed by atoms with van der Waals surface area (Å²) >= 11 is 4.16. The van der Waals surface area contributed by atoms with E-state index in [0.717, 1.165) is 36.0 Å². The van der Waals surface area contributed by atoms with Crippen molar-refractivity contribution in [2.24, 2.45) is 5.92 Å². The van der Waals surface area contributed by atoms with Gasteiger partial charge in [-0.25, -0.2) is 0 Å². The van der Waals surface area contributed by atoms with Crippen molar-refractivity contribution >= 4 is 29.4 Å². The smallest absolute Gasteiger partial charge is 0.248 e. The third-order valence-corrected chi connectivity index (χ3v) is 6.37. The molecule has 0 aliphatic heterocycles. The third-order valence-electron chi connectivity index (χ3n) is 5.95. The number of amides is 1. The summed E-state index contributed by atoms with van der Waals surface area (Å²) in [6.45, 7) is 1.65. The lowest BCUT2D eigenvalue weighted by molar-refractivity contribution is -0.133. The average molecular weight is 447 g/mol. The second-order valence-corrected chi connectivity index (χ2v) is 8.88. The Bertz CT molecular complexity index is 895. The summed E-state index contributed by atoms with van der Waals surface area (Å²) in [4.78, 5) is 28.8. The molecule has 1 amide bonds. The number of thiol groups is 1. The molecule has 0 saturated heterocycles. The summed E-state index contributed by atoms with van der Waals surface area (Å²) in [5.41, 5.74) is 0.664. The molecule has 1 heterocycles. The Morgan fingerprint density at radius 3 is 2.77 bits per heavy atom. The zero-order chi connectivity index (χ0) is 22.1. The molecule has 1 saturated carbocycles. The number of aliphatic hydroxyl groups excluding tert-OH is 1. The van der Waals surface area contributed by atoms with E-state index in [1.807, 2.05) is 23.1 Å². The molecule has 1 aliphatic carbocycles. The van der Waals surface area contributed by atoms with Crippen molar-refractivity contribution in [3.8, 4) is 5.75 Å². The molecule has 1 unspecified atom stereocenters. The molecule has 1 fully saturated rings. The fourth-order valence-corrected chi connectivity index (χ4v) is 4.34. The van der Waals surface area contributed by atoms with Gasteiger partial charge in [-0.15, -0.1) is 0 Å². The number of H-pyrrole nitrogens is 1. The Morgan fingerprint density at radius 1 is 1.19 bits per heavy atom. The minimum atomic E-state index is -0.581. The van der Waals surface area contributed by atoms with Gasteiger partial charge >= 0.3 is 0 Å². The number of aliphatic hydroxyl groups is 1. The highest BCUT2D eigenvalue weighted by atomic mass is 32.1. The van der Waals surface area contributed by atoms with Crippen molar-refractivity contribution in [3.63, 3.8) is 0 Å². The molecule has 0 bridgehead atoms. The van der Waals surface area contributed by atoms with Gasteiger partial charge in [-0.2, -0.15) is 12.6 Å². The Morgan fingerprint density at radius 2 is 2.00 bits per heavy atom. The molecule has 2 aromatic rings. The van der Waals surface area contributed by atoms with Crippen LogP contribution in [0.15, 0.2) is 35.1 Å². The number of aromatic amines is 1. The van der Waals surface area contributed by atoms with Gasteiger partial charge in [0, 0.05) is 42.2 Å². The van der Waals surface area contributed by atoms with Crippen LogP contribution in [0.4, 0.5) is 0 Å². The van der Waals surface area contributed by atoms with E-state index in [1.165, 1.54) is 38.2 Å². The predicted molar refractivity (Wildman–Crippen MR) is 127 cm³/mol. The highest BCUT2D eigenvalue weighted by Gasteiger charge is 2.22. The Kier molecular flexibility index (Phi) is 9.28. The number of ether oxygens (including phenoxy) is 1. The number of aromatic nitrogens is 1. The van der Waals surface area contributed by atoms with Crippen LogP contribution in [-0.4, -0.2) is 52.5 Å². The molecular weight excluding hydrogens is 412 g/mol. The second kappa shape index (κ2) is 12.2. The van der Waals surface area contributed by atoms with Gasteiger partial charge in [-0.1, -0.05) is 19.3 Å². The highest BCUT2D eigenvalue weighted by Crippen LogP contribution is 2.25. The molecule has 2 N–H and O–H groups in total. The fraction of sp³-hybridized carbons (Fsp3) is 0.583. The van der Waals surface area contributed by atoms with Crippen LogP contribution in [0.1, 0.15) is 51.4 Å². The molecule has 1 aromatic carbocycles. The van der Waals surface area contributed by atoms with E-state index in [1.54, 1.807) is 6.07 Å². The first-order chi connectivity index (χ1) is 15.0. The molecule has 1 aromatic heterocycles. The number of fused-ring (bicyclic) bond motifs is 1. The van der Waals surface area contributed by atoms with E-state index in [0.29, 0.717) is 31.2 Å². The number of nitrogens with one attached hydrogen (secondary N) is 1. The van der Waals surface area contributed by atoms with Gasteiger partial charge in [0.05, 0.1) is 12.7 Å². The van der Waals surface area contributed by atoms with Crippen LogP contribution in [0.25, 0.3) is 10.9 Å². The van der Waals surface area contributed by atoms with Crippen LogP contribution < -0.4 is 10.3 Å². The summed E-state index contributed by atoms with van der Waals surface area (Å²) in [6.07, 6.45) is 7.53. The molecular formula is C24H34N2O4S. The van der Waals surface area contributed by atoms with Gasteiger partial charge in [-0.05, 0) is 55.9 Å². The summed E-state index contributed by atoms with van der Waals surface area (Å²) < 4.78 is 5.82. The van der Waals surface area contributed by atoms with Crippen molar-refractivity contribution in [1.29, 1.82) is 0 Å². The molecule has 7 heteroatoms. The number of carbonyl (C=O) groups excluding carboxylic acids is 1. The van der Waals surface area contributed by atoms with E-state index < -0.39 is 6.10 Å². The molecule has 31 heavy (non-hydrogen) atoms. The van der Waals surface area contributed by atoms with E-state index in [9.17, 15) is 14.7 Å². The van der Waals surface area contributed by atoms with Crippen molar-refractivity contribution in [1.82, 2.24) is 9.88 Å². The van der Waals surface area contributed by atoms with Crippen LogP contribution in [0.3, 0.4) is 0 Å². The largest absolute Gasteiger partial charge is 0.494 e. The van der Waals surface area contributed by atoms with Gasteiger partial charge in [0.25, 0.3) is 0 Å². The van der Waals surface area contributed by atoms with Crippen LogP contribution in [0.2, 0.25) is 0 Å². The maximum atomic E-state index is 12.8. The summed E-state index contributed by atoms with van der Waals surface area (Å²) in [6, 6.07) is 8.86. The zero-order valence-corrected chi connectivity index (χ0v) is 19.0. The van der Waals surface area contributed by atoms with Crippen LogP contribution in [0, 0.1) is 5.92 Å². The normalized spacial score (nSPS) is 15.7. The lowest BCUT2D eigenvalue weighted by Crippen LogP contribution is -2.41. The maximum Gasteiger partial charge on any atom is 0.248 e. The number of carbonyl (C=O) groups is 1. The van der Waals surface area contributed by atoms with Crippen molar-refractivity contribution in [2.75, 3.05) is 25.4 Å². The molecule has 6 nitrogen and oxygen atoms in total. The zero-order valence-electron chi connectivity index (χ0n) is 18.1. The average Bonchev–Trinajstić information content (AvgIpc) is 2.78. The molecule has 1 aliphatic rings. The van der Waals surface area contributed by atoms with E-state index >= 15 is 0 Å². The molecule has 0 spiro atoms. The number of benzene rings is 1. The standard InChI is InChI=1S/C24H34N2O4S/c27-20(17-31)16-26(15-18-6-2-1-3-7-18)24(29)8-4-5-13-30-21-10-11-22-19(14-21)9-12-23(28)25-22/h9-12,14,18,20,27,31H,1-8,13,15-17H2,(H,25,28). The quantitative estimate of drug-likeness (QED) is 0.362. The second-order valence-electron chi connectivity index (χ2n) is 8.52. The van der Waals surface area contributed by atoms with Crippen molar-refractivity contribution < 1.29 is 14.6 Å². The summed E-state index contributed by atoms with van der Waals surface area (Å²) in [5, 5.41) is 10.9. The number of rotatable bonds is 11. The van der Waals surface area contributed by atoms with Gasteiger partial charge < -0.3 is 19.7 Å². The third kappa shape index (κ3) is 7.58. The molecule has 3 rings (SSSR count). The SMILES string of the molecule is O=C(CCCCOc1ccc2[nH]c(=O)ccc2c1)N(CC(O)CS)CC1CCCCC1. The molecule has 1 atom stereocenters. The summed E-state index contributed by atoms with van der Waals surface area (Å²) in [5.74, 6) is 1.78. The topological polar surface area (TPSA) is 82.6 Å².